The fourth-order valence-corrected chi connectivity index (χ4v) is 2.08. The predicted molar refractivity (Wildman–Crippen MR) is 67.5 cm³/mol. The maximum Gasteiger partial charge on any atom is 0.389 e. The lowest BCUT2D eigenvalue weighted by atomic mass is 10.00. The topological polar surface area (TPSA) is 0 Å². The largest absolute Gasteiger partial charge is 0.389 e. The van der Waals surface area contributed by atoms with E-state index >= 15 is 0 Å². The van der Waals surface area contributed by atoms with Crippen LogP contribution in [0.3, 0.4) is 0 Å². The number of hydrogen-bond acceptors (Lipinski definition) is 0. The standard InChI is InChI=1S/C13H16BrF3/c1-9(2)10-3-5-11(6-4-10)12(14)7-8-13(15,16)17/h3-6,9,12H,7-8H2,1-2H3. The van der Waals surface area contributed by atoms with Crippen molar-refractivity contribution >= 4 is 15.9 Å². The Morgan fingerprint density at radius 2 is 1.53 bits per heavy atom. The van der Waals surface area contributed by atoms with E-state index < -0.39 is 12.6 Å². The Morgan fingerprint density at radius 3 is 1.94 bits per heavy atom. The number of halogens is 4. The molecule has 0 heterocycles. The summed E-state index contributed by atoms with van der Waals surface area (Å²) in [6.07, 6.45) is -4.76. The summed E-state index contributed by atoms with van der Waals surface area (Å²) >= 11 is 3.30. The van der Waals surface area contributed by atoms with Gasteiger partial charge in [0.1, 0.15) is 0 Å². The first-order chi connectivity index (χ1) is 7.79. The highest BCUT2D eigenvalue weighted by Gasteiger charge is 2.28. The summed E-state index contributed by atoms with van der Waals surface area (Å²) in [6, 6.07) is 7.74. The molecule has 0 aliphatic carbocycles. The summed E-state index contributed by atoms with van der Waals surface area (Å²) in [6.45, 7) is 4.18. The van der Waals surface area contributed by atoms with Crippen LogP contribution in [0, 0.1) is 0 Å². The molecule has 1 rings (SSSR count). The van der Waals surface area contributed by atoms with Gasteiger partial charge >= 0.3 is 6.18 Å². The maximum atomic E-state index is 12.1. The summed E-state index contributed by atoms with van der Waals surface area (Å²) in [5, 5.41) is 0. The Bertz CT molecular complexity index is 341. The number of alkyl halides is 4. The van der Waals surface area contributed by atoms with Crippen LogP contribution in [-0.4, -0.2) is 6.18 Å². The molecule has 1 unspecified atom stereocenters. The van der Waals surface area contributed by atoms with E-state index in [0.717, 1.165) is 5.56 Å². The van der Waals surface area contributed by atoms with Gasteiger partial charge in [-0.25, -0.2) is 0 Å². The Balaban J connectivity index is 2.60. The van der Waals surface area contributed by atoms with E-state index in [4.69, 9.17) is 0 Å². The third-order valence-electron chi connectivity index (χ3n) is 2.65. The van der Waals surface area contributed by atoms with E-state index in [-0.39, 0.29) is 11.2 Å². The minimum atomic E-state index is -4.08. The zero-order chi connectivity index (χ0) is 13.1. The summed E-state index contributed by atoms with van der Waals surface area (Å²) < 4.78 is 36.2. The van der Waals surface area contributed by atoms with E-state index in [9.17, 15) is 13.2 Å². The summed E-state index contributed by atoms with van der Waals surface area (Å²) in [4.78, 5) is -0.231. The molecule has 17 heavy (non-hydrogen) atoms. The molecule has 1 aromatic carbocycles. The molecule has 96 valence electrons. The van der Waals surface area contributed by atoms with Gasteiger partial charge in [0, 0.05) is 11.2 Å². The van der Waals surface area contributed by atoms with E-state index in [2.05, 4.69) is 29.8 Å². The summed E-state index contributed by atoms with van der Waals surface area (Å²) in [7, 11) is 0. The average Bonchev–Trinajstić information content (AvgIpc) is 2.25. The smallest absolute Gasteiger partial charge is 0.171 e. The molecule has 0 saturated carbocycles. The lowest BCUT2D eigenvalue weighted by Gasteiger charge is -2.13. The summed E-state index contributed by atoms with van der Waals surface area (Å²) in [5.41, 5.74) is 2.10. The van der Waals surface area contributed by atoms with Crippen molar-refractivity contribution in [3.8, 4) is 0 Å². The van der Waals surface area contributed by atoms with E-state index in [1.165, 1.54) is 5.56 Å². The van der Waals surface area contributed by atoms with Crippen LogP contribution in [0.2, 0.25) is 0 Å². The van der Waals surface area contributed by atoms with Crippen molar-refractivity contribution in [2.45, 2.75) is 43.6 Å². The Morgan fingerprint density at radius 1 is 1.06 bits per heavy atom. The summed E-state index contributed by atoms with van der Waals surface area (Å²) in [5.74, 6) is 0.438. The first-order valence-electron chi connectivity index (χ1n) is 5.60. The Kier molecular flexibility index (Phi) is 5.04. The van der Waals surface area contributed by atoms with Crippen molar-refractivity contribution in [3.63, 3.8) is 0 Å². The predicted octanol–water partition coefficient (Wildman–Crippen LogP) is 5.59. The van der Waals surface area contributed by atoms with Crippen LogP contribution in [0.1, 0.15) is 48.6 Å². The highest BCUT2D eigenvalue weighted by molar-refractivity contribution is 9.09. The molecule has 0 spiro atoms. The quantitative estimate of drug-likeness (QED) is 0.636. The van der Waals surface area contributed by atoms with Gasteiger partial charge in [-0.05, 0) is 23.5 Å². The third kappa shape index (κ3) is 5.11. The minimum Gasteiger partial charge on any atom is -0.171 e. The van der Waals surface area contributed by atoms with Crippen LogP contribution in [0.4, 0.5) is 13.2 Å². The molecule has 4 heteroatoms. The molecule has 0 aromatic heterocycles. The van der Waals surface area contributed by atoms with Crippen LogP contribution in [-0.2, 0) is 0 Å². The molecular weight excluding hydrogens is 293 g/mol. The van der Waals surface area contributed by atoms with Crippen LogP contribution in [0.25, 0.3) is 0 Å². The fourth-order valence-electron chi connectivity index (χ4n) is 1.55. The number of benzene rings is 1. The number of hydrogen-bond donors (Lipinski definition) is 0. The maximum absolute atomic E-state index is 12.1. The second-order valence-corrected chi connectivity index (χ2v) is 5.55. The van der Waals surface area contributed by atoms with Gasteiger partial charge in [0.05, 0.1) is 0 Å². The fraction of sp³-hybridized carbons (Fsp3) is 0.538. The molecule has 0 radical (unpaired) electrons. The van der Waals surface area contributed by atoms with Crippen molar-refractivity contribution in [3.05, 3.63) is 35.4 Å². The van der Waals surface area contributed by atoms with E-state index in [1.54, 1.807) is 0 Å². The molecule has 0 nitrogen and oxygen atoms in total. The van der Waals surface area contributed by atoms with Gasteiger partial charge in [0.15, 0.2) is 0 Å². The van der Waals surface area contributed by atoms with Gasteiger partial charge in [-0.3, -0.25) is 0 Å². The molecule has 1 atom stereocenters. The van der Waals surface area contributed by atoms with Crippen molar-refractivity contribution in [1.82, 2.24) is 0 Å². The SMILES string of the molecule is CC(C)c1ccc(C(Br)CCC(F)(F)F)cc1. The third-order valence-corrected chi connectivity index (χ3v) is 3.63. The van der Waals surface area contributed by atoms with Gasteiger partial charge in [0.2, 0.25) is 0 Å². The van der Waals surface area contributed by atoms with Crippen LogP contribution in [0.5, 0.6) is 0 Å². The molecule has 0 fully saturated rings. The zero-order valence-corrected chi connectivity index (χ0v) is 11.5. The molecule has 0 bridgehead atoms. The minimum absolute atomic E-state index is 0.0739. The lowest BCUT2D eigenvalue weighted by molar-refractivity contribution is -0.135. The van der Waals surface area contributed by atoms with Crippen molar-refractivity contribution in [2.75, 3.05) is 0 Å². The van der Waals surface area contributed by atoms with Crippen LogP contribution < -0.4 is 0 Å². The van der Waals surface area contributed by atoms with Crippen LogP contribution >= 0.6 is 15.9 Å². The Hall–Kier alpha value is -0.510. The number of rotatable bonds is 4. The van der Waals surface area contributed by atoms with Gasteiger partial charge in [-0.2, -0.15) is 13.2 Å². The molecule has 0 aliphatic heterocycles. The van der Waals surface area contributed by atoms with Crippen molar-refractivity contribution in [1.29, 1.82) is 0 Å². The lowest BCUT2D eigenvalue weighted by Crippen LogP contribution is -2.08. The molecule has 0 amide bonds. The normalized spacial score (nSPS) is 14.1. The monoisotopic (exact) mass is 308 g/mol. The zero-order valence-electron chi connectivity index (χ0n) is 9.89. The van der Waals surface area contributed by atoms with E-state index in [0.29, 0.717) is 5.92 Å². The van der Waals surface area contributed by atoms with Crippen LogP contribution in [0.15, 0.2) is 24.3 Å². The second-order valence-electron chi connectivity index (χ2n) is 4.44. The van der Waals surface area contributed by atoms with Crippen molar-refractivity contribution < 1.29 is 13.2 Å². The first kappa shape index (κ1) is 14.6. The first-order valence-corrected chi connectivity index (χ1v) is 6.52. The van der Waals surface area contributed by atoms with Gasteiger partial charge in [0.25, 0.3) is 0 Å². The van der Waals surface area contributed by atoms with Gasteiger partial charge in [-0.1, -0.05) is 54.0 Å². The Labute approximate surface area is 108 Å². The highest BCUT2D eigenvalue weighted by Crippen LogP contribution is 2.33. The molecule has 0 N–H and O–H groups in total. The molecule has 1 aromatic rings. The molecule has 0 saturated heterocycles. The van der Waals surface area contributed by atoms with E-state index in [1.807, 2.05) is 24.3 Å². The van der Waals surface area contributed by atoms with Crippen molar-refractivity contribution in [2.24, 2.45) is 0 Å². The molecular formula is C13H16BrF3. The molecule has 0 aliphatic rings. The average molecular weight is 309 g/mol. The van der Waals surface area contributed by atoms with Gasteiger partial charge < -0.3 is 0 Å². The second kappa shape index (κ2) is 5.89. The highest BCUT2D eigenvalue weighted by atomic mass is 79.9. The van der Waals surface area contributed by atoms with Gasteiger partial charge in [-0.15, -0.1) is 0 Å².